The third kappa shape index (κ3) is 2.91. The minimum atomic E-state index is -0.425. The van der Waals surface area contributed by atoms with Crippen LogP contribution >= 0.6 is 0 Å². The quantitative estimate of drug-likeness (QED) is 0.105. The largest absolute Gasteiger partial charge is 0.399 e. The highest BCUT2D eigenvalue weighted by Gasteiger charge is 2.38. The molecule has 9 rings (SSSR count). The number of nitrogens with zero attached hydrogens (tertiary/aromatic N) is 2. The predicted octanol–water partition coefficient (Wildman–Crippen LogP) is 6.50. The monoisotopic (exact) mass is 572 g/mol. The Bertz CT molecular complexity index is 2220. The van der Waals surface area contributed by atoms with Crippen molar-refractivity contribution < 1.29 is 19.2 Å². The summed E-state index contributed by atoms with van der Waals surface area (Å²) in [6.07, 6.45) is 0. The number of fused-ring (bicyclic) bond motifs is 2. The van der Waals surface area contributed by atoms with Gasteiger partial charge in [0.25, 0.3) is 23.6 Å². The van der Waals surface area contributed by atoms with Crippen molar-refractivity contribution in [1.82, 2.24) is 0 Å². The maximum Gasteiger partial charge on any atom is 0.265 e. The highest BCUT2D eigenvalue weighted by Crippen LogP contribution is 2.47. The fraction of sp³-hybridized carbons (Fsp3) is 0. The Morgan fingerprint density at radius 1 is 0.386 bits per heavy atom. The molecule has 8 heteroatoms. The van der Waals surface area contributed by atoms with E-state index < -0.39 is 23.6 Å². The Kier molecular flexibility index (Phi) is 4.52. The Morgan fingerprint density at radius 3 is 1.00 bits per heavy atom. The molecule has 2 heterocycles. The minimum Gasteiger partial charge on any atom is -0.399 e. The van der Waals surface area contributed by atoms with Crippen LogP contribution in [-0.4, -0.2) is 23.6 Å². The summed E-state index contributed by atoms with van der Waals surface area (Å²) >= 11 is 0. The molecular formula is C36H20N4O4. The van der Waals surface area contributed by atoms with Gasteiger partial charge in [0.15, 0.2) is 0 Å². The van der Waals surface area contributed by atoms with Crippen LogP contribution in [0.25, 0.3) is 43.1 Å². The molecule has 7 aromatic rings. The number of hydrogen-bond acceptors (Lipinski definition) is 6. The molecule has 0 aromatic heterocycles. The highest BCUT2D eigenvalue weighted by atomic mass is 16.2. The molecular weight excluding hydrogens is 552 g/mol. The number of amides is 4. The van der Waals surface area contributed by atoms with Gasteiger partial charge in [-0.25, -0.2) is 9.80 Å². The first-order chi connectivity index (χ1) is 21.3. The van der Waals surface area contributed by atoms with Gasteiger partial charge in [-0.2, -0.15) is 0 Å². The van der Waals surface area contributed by atoms with Crippen molar-refractivity contribution in [3.63, 3.8) is 0 Å². The number of rotatable bonds is 2. The second kappa shape index (κ2) is 8.17. The fourth-order valence-corrected chi connectivity index (χ4v) is 7.06. The second-order valence-corrected chi connectivity index (χ2v) is 11.2. The van der Waals surface area contributed by atoms with E-state index >= 15 is 0 Å². The molecule has 8 nitrogen and oxygen atoms in total. The van der Waals surface area contributed by atoms with Gasteiger partial charge >= 0.3 is 0 Å². The smallest absolute Gasteiger partial charge is 0.265 e. The lowest BCUT2D eigenvalue weighted by Crippen LogP contribution is -2.40. The van der Waals surface area contributed by atoms with Crippen LogP contribution in [0.3, 0.4) is 0 Å². The molecule has 44 heavy (non-hydrogen) atoms. The number of imide groups is 2. The SMILES string of the molecule is Nc1cccc(N2C(=O)c3ccc4c5ccc6c7c(ccc(c8ccc(c3c48)C2=O)c75)C(=O)N(c2cccc(N)c2)C6=O)c1. The molecule has 4 amide bonds. The van der Waals surface area contributed by atoms with E-state index in [1.165, 1.54) is 9.80 Å². The predicted molar refractivity (Wildman–Crippen MR) is 172 cm³/mol. The Balaban J connectivity index is 1.32. The van der Waals surface area contributed by atoms with E-state index in [2.05, 4.69) is 0 Å². The average Bonchev–Trinajstić information content (AvgIpc) is 3.02. The molecule has 4 N–H and O–H groups in total. The third-order valence-electron chi connectivity index (χ3n) is 8.89. The van der Waals surface area contributed by atoms with Gasteiger partial charge in [0.1, 0.15) is 0 Å². The van der Waals surface area contributed by atoms with Crippen LogP contribution in [0.1, 0.15) is 41.4 Å². The van der Waals surface area contributed by atoms with Crippen molar-refractivity contribution in [2.75, 3.05) is 21.3 Å². The summed E-state index contributed by atoms with van der Waals surface area (Å²) < 4.78 is 0. The average molecular weight is 573 g/mol. The van der Waals surface area contributed by atoms with Crippen LogP contribution in [0.2, 0.25) is 0 Å². The summed E-state index contributed by atoms with van der Waals surface area (Å²) in [7, 11) is 0. The van der Waals surface area contributed by atoms with Crippen molar-refractivity contribution in [3.05, 3.63) is 119 Å². The van der Waals surface area contributed by atoms with Crippen molar-refractivity contribution in [2.24, 2.45) is 0 Å². The van der Waals surface area contributed by atoms with Gasteiger partial charge in [-0.1, -0.05) is 36.4 Å². The molecule has 0 unspecified atom stereocenters. The lowest BCUT2D eigenvalue weighted by molar-refractivity contribution is 0.0877. The lowest BCUT2D eigenvalue weighted by atomic mass is 9.82. The zero-order valence-corrected chi connectivity index (χ0v) is 22.9. The normalized spacial score (nSPS) is 14.6. The zero-order valence-electron chi connectivity index (χ0n) is 22.9. The fourth-order valence-electron chi connectivity index (χ4n) is 7.06. The zero-order chi connectivity index (χ0) is 30.0. The summed E-state index contributed by atoms with van der Waals surface area (Å²) in [5.41, 5.74) is 15.3. The molecule has 0 saturated carbocycles. The van der Waals surface area contributed by atoms with Gasteiger partial charge in [-0.3, -0.25) is 19.2 Å². The molecule has 0 radical (unpaired) electrons. The molecule has 0 spiro atoms. The van der Waals surface area contributed by atoms with E-state index in [-0.39, 0.29) is 0 Å². The Hall–Kier alpha value is -6.28. The van der Waals surface area contributed by atoms with Crippen LogP contribution in [-0.2, 0) is 0 Å². The molecule has 0 saturated heterocycles. The molecule has 208 valence electrons. The molecule has 0 bridgehead atoms. The standard InChI is InChI=1S/C36H20N4O4/c37-17-3-1-5-19(15-17)39-33(41)25-11-7-21-23-9-13-27-32-28(36(44)40(35(27)43)20-6-2-4-18(38)16-20)14-10-24(30(23)32)22-8-12-26(34(39)42)31(25)29(21)22/h1-16H,37-38H2. The highest BCUT2D eigenvalue weighted by molar-refractivity contribution is 6.45. The molecule has 0 atom stereocenters. The molecule has 0 aliphatic carbocycles. The Morgan fingerprint density at radius 2 is 0.705 bits per heavy atom. The van der Waals surface area contributed by atoms with Crippen molar-refractivity contribution in [1.29, 1.82) is 0 Å². The number of benzene rings is 7. The summed E-state index contributed by atoms with van der Waals surface area (Å²) in [5, 5.41) is 6.07. The van der Waals surface area contributed by atoms with E-state index in [0.717, 1.165) is 32.3 Å². The van der Waals surface area contributed by atoms with Crippen LogP contribution < -0.4 is 21.3 Å². The number of anilines is 4. The summed E-state index contributed by atoms with van der Waals surface area (Å²) in [5.74, 6) is -1.70. The lowest BCUT2D eigenvalue weighted by Gasteiger charge is -2.30. The van der Waals surface area contributed by atoms with E-state index in [1.807, 2.05) is 24.3 Å². The van der Waals surface area contributed by atoms with E-state index in [1.54, 1.807) is 72.8 Å². The Labute approximate surface area is 249 Å². The van der Waals surface area contributed by atoms with Crippen molar-refractivity contribution in [2.45, 2.75) is 0 Å². The summed E-state index contributed by atoms with van der Waals surface area (Å²) in [6, 6.07) is 27.9. The van der Waals surface area contributed by atoms with E-state index in [4.69, 9.17) is 11.5 Å². The van der Waals surface area contributed by atoms with Gasteiger partial charge in [0, 0.05) is 44.4 Å². The topological polar surface area (TPSA) is 127 Å². The van der Waals surface area contributed by atoms with Gasteiger partial charge in [-0.05, 0) is 93.0 Å². The number of carbonyl (C=O) groups excluding carboxylic acids is 4. The number of nitrogen functional groups attached to an aromatic ring is 2. The number of hydrogen-bond donors (Lipinski definition) is 2. The molecule has 2 aliphatic heterocycles. The van der Waals surface area contributed by atoms with E-state index in [0.29, 0.717) is 55.8 Å². The maximum absolute atomic E-state index is 13.8. The first-order valence-electron chi connectivity index (χ1n) is 14.0. The molecule has 2 aliphatic rings. The number of nitrogens with two attached hydrogens (primary N) is 2. The molecule has 7 aromatic carbocycles. The number of carbonyl (C=O) groups is 4. The summed E-state index contributed by atoms with van der Waals surface area (Å²) in [6.45, 7) is 0. The van der Waals surface area contributed by atoms with Gasteiger partial charge in [-0.15, -0.1) is 0 Å². The second-order valence-electron chi connectivity index (χ2n) is 11.2. The van der Waals surface area contributed by atoms with Crippen LogP contribution in [0.15, 0.2) is 97.1 Å². The van der Waals surface area contributed by atoms with Gasteiger partial charge < -0.3 is 11.5 Å². The first kappa shape index (κ1) is 24.3. The molecule has 0 fully saturated rings. The van der Waals surface area contributed by atoms with Crippen LogP contribution in [0, 0.1) is 0 Å². The van der Waals surface area contributed by atoms with Crippen LogP contribution in [0.4, 0.5) is 22.7 Å². The first-order valence-corrected chi connectivity index (χ1v) is 14.0. The minimum absolute atomic E-state index is 0.408. The van der Waals surface area contributed by atoms with Crippen molar-refractivity contribution in [3.8, 4) is 0 Å². The van der Waals surface area contributed by atoms with E-state index in [9.17, 15) is 19.2 Å². The summed E-state index contributed by atoms with van der Waals surface area (Å²) in [4.78, 5) is 57.7. The van der Waals surface area contributed by atoms with Gasteiger partial charge in [0.2, 0.25) is 0 Å². The van der Waals surface area contributed by atoms with Crippen LogP contribution in [0.5, 0.6) is 0 Å². The maximum atomic E-state index is 13.8. The van der Waals surface area contributed by atoms with Gasteiger partial charge in [0.05, 0.1) is 11.4 Å². The van der Waals surface area contributed by atoms with Crippen molar-refractivity contribution >= 4 is 89.5 Å². The third-order valence-corrected chi connectivity index (χ3v) is 8.89.